The van der Waals surface area contributed by atoms with E-state index in [1.54, 1.807) is 11.3 Å². The minimum atomic E-state index is -0.0408. The van der Waals surface area contributed by atoms with Crippen LogP contribution in [0.4, 0.5) is 5.13 Å². The summed E-state index contributed by atoms with van der Waals surface area (Å²) in [4.78, 5) is 17.6. The summed E-state index contributed by atoms with van der Waals surface area (Å²) in [6.07, 6.45) is 5.35. The molecule has 1 unspecified atom stereocenters. The summed E-state index contributed by atoms with van der Waals surface area (Å²) in [5.74, 6) is -0.0116. The first kappa shape index (κ1) is 12.5. The molecule has 0 aliphatic heterocycles. The molecule has 94 valence electrons. The summed E-state index contributed by atoms with van der Waals surface area (Å²) >= 11 is 1.62. The summed E-state index contributed by atoms with van der Waals surface area (Å²) < 4.78 is 0. The van der Waals surface area contributed by atoms with Gasteiger partial charge in [0.2, 0.25) is 5.91 Å². The van der Waals surface area contributed by atoms with Crippen molar-refractivity contribution in [1.82, 2.24) is 4.98 Å². The van der Waals surface area contributed by atoms with Crippen molar-refractivity contribution in [3.05, 3.63) is 10.6 Å². The van der Waals surface area contributed by atoms with Gasteiger partial charge in [0.25, 0.3) is 0 Å². The van der Waals surface area contributed by atoms with Gasteiger partial charge in [-0.05, 0) is 38.6 Å². The van der Waals surface area contributed by atoms with Crippen molar-refractivity contribution in [2.45, 2.75) is 39.0 Å². The molecule has 1 aliphatic carbocycles. The molecule has 4 nitrogen and oxygen atoms in total. The highest BCUT2D eigenvalue weighted by molar-refractivity contribution is 7.15. The smallest absolute Gasteiger partial charge is 0.229 e. The van der Waals surface area contributed by atoms with E-state index in [-0.39, 0.29) is 11.8 Å². The second-order valence-corrected chi connectivity index (χ2v) is 5.65. The molecule has 0 saturated heterocycles. The number of hydrogen-bond acceptors (Lipinski definition) is 4. The minimum Gasteiger partial charge on any atom is -0.330 e. The molecule has 1 aliphatic rings. The third-order valence-corrected chi connectivity index (χ3v) is 4.20. The van der Waals surface area contributed by atoms with Crippen LogP contribution in [0.1, 0.15) is 36.8 Å². The van der Waals surface area contributed by atoms with Gasteiger partial charge in [0.1, 0.15) is 0 Å². The number of rotatable bonds is 4. The summed E-state index contributed by atoms with van der Waals surface area (Å²) in [5, 5.41) is 3.65. The lowest BCUT2D eigenvalue weighted by Gasteiger charge is -2.08. The molecule has 0 saturated carbocycles. The Balaban J connectivity index is 1.99. The number of anilines is 1. The number of thiazole rings is 1. The van der Waals surface area contributed by atoms with Crippen molar-refractivity contribution in [3.8, 4) is 0 Å². The number of carbonyl (C=O) groups is 1. The van der Waals surface area contributed by atoms with E-state index in [4.69, 9.17) is 5.73 Å². The molecule has 1 aromatic rings. The SMILES string of the molecule is CC(CCN)C(=O)Nc1nc2c(s1)CCCC2. The number of nitrogens with zero attached hydrogens (tertiary/aromatic N) is 1. The molecule has 0 radical (unpaired) electrons. The summed E-state index contributed by atoms with van der Waals surface area (Å²) in [5.41, 5.74) is 6.63. The number of fused-ring (bicyclic) bond motifs is 1. The first-order valence-corrected chi connectivity index (χ1v) is 7.02. The Labute approximate surface area is 106 Å². The van der Waals surface area contributed by atoms with E-state index < -0.39 is 0 Å². The van der Waals surface area contributed by atoms with Gasteiger partial charge in [-0.3, -0.25) is 4.79 Å². The molecular weight excluding hydrogens is 234 g/mol. The first-order chi connectivity index (χ1) is 8.20. The van der Waals surface area contributed by atoms with Gasteiger partial charge in [-0.25, -0.2) is 4.98 Å². The summed E-state index contributed by atoms with van der Waals surface area (Å²) in [6.45, 7) is 2.44. The topological polar surface area (TPSA) is 68.0 Å². The van der Waals surface area contributed by atoms with Crippen LogP contribution in [0, 0.1) is 5.92 Å². The predicted octanol–water partition coefficient (Wildman–Crippen LogP) is 1.95. The van der Waals surface area contributed by atoms with Crippen LogP contribution < -0.4 is 11.1 Å². The van der Waals surface area contributed by atoms with Gasteiger partial charge in [0.15, 0.2) is 5.13 Å². The van der Waals surface area contributed by atoms with Gasteiger partial charge >= 0.3 is 0 Å². The molecule has 1 heterocycles. The molecule has 1 atom stereocenters. The van der Waals surface area contributed by atoms with Gasteiger partial charge < -0.3 is 11.1 Å². The zero-order chi connectivity index (χ0) is 12.3. The summed E-state index contributed by atoms with van der Waals surface area (Å²) in [6, 6.07) is 0. The van der Waals surface area contributed by atoms with Gasteiger partial charge in [0.05, 0.1) is 5.69 Å². The van der Waals surface area contributed by atoms with Crippen LogP contribution in [0.3, 0.4) is 0 Å². The largest absolute Gasteiger partial charge is 0.330 e. The van der Waals surface area contributed by atoms with Crippen molar-refractivity contribution >= 4 is 22.4 Å². The van der Waals surface area contributed by atoms with Gasteiger partial charge in [-0.1, -0.05) is 6.92 Å². The number of amides is 1. The Bertz CT molecular complexity index is 379. The zero-order valence-electron chi connectivity index (χ0n) is 10.2. The highest BCUT2D eigenvalue weighted by Crippen LogP contribution is 2.29. The maximum Gasteiger partial charge on any atom is 0.229 e. The van der Waals surface area contributed by atoms with Crippen molar-refractivity contribution in [1.29, 1.82) is 0 Å². The van der Waals surface area contributed by atoms with Gasteiger partial charge in [-0.15, -0.1) is 11.3 Å². The number of aromatic nitrogens is 1. The highest BCUT2D eigenvalue weighted by Gasteiger charge is 2.18. The number of carbonyl (C=O) groups excluding carboxylic acids is 1. The van der Waals surface area contributed by atoms with Crippen LogP contribution in [0.2, 0.25) is 0 Å². The lowest BCUT2D eigenvalue weighted by atomic mass is 10.0. The third kappa shape index (κ3) is 3.04. The monoisotopic (exact) mass is 253 g/mol. The Hall–Kier alpha value is -0.940. The molecule has 5 heteroatoms. The second-order valence-electron chi connectivity index (χ2n) is 4.56. The van der Waals surface area contributed by atoms with E-state index in [0.717, 1.165) is 24.4 Å². The Morgan fingerprint density at radius 3 is 3.00 bits per heavy atom. The average molecular weight is 253 g/mol. The number of aryl methyl sites for hydroxylation is 2. The fourth-order valence-corrected chi connectivity index (χ4v) is 3.07. The summed E-state index contributed by atoms with van der Waals surface area (Å²) in [7, 11) is 0. The lowest BCUT2D eigenvalue weighted by molar-refractivity contribution is -0.119. The molecule has 2 rings (SSSR count). The lowest BCUT2D eigenvalue weighted by Crippen LogP contribution is -2.22. The van der Waals surface area contributed by atoms with Crippen molar-refractivity contribution in [2.24, 2.45) is 11.7 Å². The number of hydrogen-bond donors (Lipinski definition) is 2. The second kappa shape index (κ2) is 5.60. The average Bonchev–Trinajstić information content (AvgIpc) is 2.71. The molecule has 3 N–H and O–H groups in total. The van der Waals surface area contributed by atoms with Crippen LogP contribution in [-0.4, -0.2) is 17.4 Å². The molecule has 0 aromatic carbocycles. The molecule has 1 amide bonds. The van der Waals surface area contributed by atoms with Crippen LogP contribution in [0.15, 0.2) is 0 Å². The van der Waals surface area contributed by atoms with E-state index in [1.165, 1.54) is 23.4 Å². The van der Waals surface area contributed by atoms with Crippen LogP contribution >= 0.6 is 11.3 Å². The fraction of sp³-hybridized carbons (Fsp3) is 0.667. The quantitative estimate of drug-likeness (QED) is 0.861. The van der Waals surface area contributed by atoms with Crippen LogP contribution in [0.25, 0.3) is 0 Å². The Morgan fingerprint density at radius 1 is 1.53 bits per heavy atom. The van der Waals surface area contributed by atoms with Gasteiger partial charge in [0, 0.05) is 10.8 Å². The molecule has 0 bridgehead atoms. The predicted molar refractivity (Wildman–Crippen MR) is 70.2 cm³/mol. The highest BCUT2D eigenvalue weighted by atomic mass is 32.1. The van der Waals surface area contributed by atoms with E-state index in [9.17, 15) is 4.79 Å². The van der Waals surface area contributed by atoms with Crippen molar-refractivity contribution in [3.63, 3.8) is 0 Å². The molecule has 0 fully saturated rings. The van der Waals surface area contributed by atoms with Gasteiger partial charge in [-0.2, -0.15) is 0 Å². The van der Waals surface area contributed by atoms with Crippen molar-refractivity contribution < 1.29 is 4.79 Å². The van der Waals surface area contributed by atoms with Crippen LogP contribution in [-0.2, 0) is 17.6 Å². The van der Waals surface area contributed by atoms with E-state index in [1.807, 2.05) is 6.92 Å². The van der Waals surface area contributed by atoms with Crippen molar-refractivity contribution in [2.75, 3.05) is 11.9 Å². The molecule has 0 spiro atoms. The minimum absolute atomic E-state index is 0.0292. The normalized spacial score (nSPS) is 16.4. The van der Waals surface area contributed by atoms with Crippen LogP contribution in [0.5, 0.6) is 0 Å². The zero-order valence-corrected chi connectivity index (χ0v) is 11.0. The molecule has 1 aromatic heterocycles. The van der Waals surface area contributed by atoms with E-state index in [0.29, 0.717) is 6.54 Å². The maximum atomic E-state index is 11.8. The Morgan fingerprint density at radius 2 is 2.29 bits per heavy atom. The first-order valence-electron chi connectivity index (χ1n) is 6.20. The Kier molecular flexibility index (Phi) is 4.12. The number of nitrogens with one attached hydrogen (secondary N) is 1. The molecular formula is C12H19N3OS. The fourth-order valence-electron chi connectivity index (χ4n) is 2.02. The maximum absolute atomic E-state index is 11.8. The van der Waals surface area contributed by atoms with E-state index in [2.05, 4.69) is 10.3 Å². The number of nitrogens with two attached hydrogens (primary N) is 1. The standard InChI is InChI=1S/C12H19N3OS/c1-8(6-7-13)11(16)15-12-14-9-4-2-3-5-10(9)17-12/h8H,2-7,13H2,1H3,(H,14,15,16). The third-order valence-electron chi connectivity index (χ3n) is 3.12. The van der Waals surface area contributed by atoms with E-state index >= 15 is 0 Å². The molecule has 17 heavy (non-hydrogen) atoms.